The zero-order valence-corrected chi connectivity index (χ0v) is 28.2. The fraction of sp³-hybridized carbons (Fsp3) is 0.600. The second kappa shape index (κ2) is 13.5. The number of sulfonamides is 1. The molecule has 1 aromatic rings. The molecule has 2 saturated carbocycles. The van der Waals surface area contributed by atoms with E-state index in [9.17, 15) is 27.6 Å². The molecule has 252 valence electrons. The highest BCUT2D eigenvalue weighted by atomic mass is 35.5. The first-order valence-corrected chi connectivity index (χ1v) is 17.7. The summed E-state index contributed by atoms with van der Waals surface area (Å²) in [5.41, 5.74) is 6.29. The first-order valence-electron chi connectivity index (χ1n) is 15.4. The van der Waals surface area contributed by atoms with E-state index in [-0.39, 0.29) is 44.9 Å². The lowest BCUT2D eigenvalue weighted by atomic mass is 10.1. The highest BCUT2D eigenvalue weighted by molar-refractivity contribution is 7.91. The lowest BCUT2D eigenvalue weighted by Crippen LogP contribution is -2.57. The van der Waals surface area contributed by atoms with E-state index in [4.69, 9.17) is 33.7 Å². The Balaban J connectivity index is 0.00000417. The SMILES string of the molecule is Cl.NC1CCCCC/C=C\[C@@H]2C[C@@]2(C(=O)NS(=O)(=O)C2CC2)NC(=O)[C@@H]2C[C@@H](OC(=O)N3Cc4c(Cl)ccc(Cl)c4C3)CN2C1=O. The van der Waals surface area contributed by atoms with Crippen LogP contribution in [0.4, 0.5) is 4.79 Å². The van der Waals surface area contributed by atoms with Crippen LogP contribution in [-0.2, 0) is 42.2 Å². The van der Waals surface area contributed by atoms with Gasteiger partial charge in [-0.15, -0.1) is 12.4 Å². The maximum absolute atomic E-state index is 13.9. The van der Waals surface area contributed by atoms with Crippen molar-refractivity contribution in [2.24, 2.45) is 11.7 Å². The van der Waals surface area contributed by atoms with Gasteiger partial charge < -0.3 is 20.7 Å². The monoisotopic (exact) mass is 717 g/mol. The van der Waals surface area contributed by atoms with Crippen molar-refractivity contribution in [3.8, 4) is 0 Å². The van der Waals surface area contributed by atoms with Crippen LogP contribution in [0.15, 0.2) is 24.3 Å². The van der Waals surface area contributed by atoms with Gasteiger partial charge in [-0.25, -0.2) is 13.2 Å². The van der Waals surface area contributed by atoms with Gasteiger partial charge >= 0.3 is 6.09 Å². The van der Waals surface area contributed by atoms with Crippen molar-refractivity contribution in [2.75, 3.05) is 6.54 Å². The van der Waals surface area contributed by atoms with E-state index in [0.717, 1.165) is 36.8 Å². The molecule has 3 heterocycles. The van der Waals surface area contributed by atoms with Gasteiger partial charge in [0, 0.05) is 22.4 Å². The molecule has 4 N–H and O–H groups in total. The molecule has 3 fully saturated rings. The number of halogens is 3. The summed E-state index contributed by atoms with van der Waals surface area (Å²) >= 11 is 12.6. The van der Waals surface area contributed by atoms with Gasteiger partial charge in [0.2, 0.25) is 21.8 Å². The number of nitrogens with zero attached hydrogens (tertiary/aromatic N) is 2. The zero-order valence-electron chi connectivity index (χ0n) is 25.1. The molecule has 1 aromatic carbocycles. The Morgan fingerprint density at radius 1 is 1.04 bits per heavy atom. The summed E-state index contributed by atoms with van der Waals surface area (Å²) in [7, 11) is -3.85. The maximum atomic E-state index is 13.9. The lowest BCUT2D eigenvalue weighted by Gasteiger charge is -2.28. The van der Waals surface area contributed by atoms with Crippen LogP contribution in [0.3, 0.4) is 0 Å². The second-order valence-corrected chi connectivity index (χ2v) is 15.5. The van der Waals surface area contributed by atoms with Crippen molar-refractivity contribution in [2.45, 2.75) is 99.9 Å². The molecule has 3 aliphatic heterocycles. The van der Waals surface area contributed by atoms with Gasteiger partial charge in [0.15, 0.2) is 0 Å². The summed E-state index contributed by atoms with van der Waals surface area (Å²) in [5, 5.41) is 3.16. The molecule has 5 atom stereocenters. The third-order valence-electron chi connectivity index (χ3n) is 9.42. The molecule has 1 saturated heterocycles. The number of nitrogens with two attached hydrogens (primary N) is 1. The van der Waals surface area contributed by atoms with Crippen LogP contribution in [0.1, 0.15) is 68.9 Å². The Kier molecular flexibility index (Phi) is 10.2. The van der Waals surface area contributed by atoms with E-state index in [1.807, 2.05) is 12.2 Å². The molecular formula is C30H38Cl3N5O7S. The van der Waals surface area contributed by atoms with Crippen LogP contribution in [0.2, 0.25) is 10.0 Å². The summed E-state index contributed by atoms with van der Waals surface area (Å²) in [6.45, 7) is 0.347. The van der Waals surface area contributed by atoms with Gasteiger partial charge in [-0.05, 0) is 61.8 Å². The Morgan fingerprint density at radius 3 is 2.37 bits per heavy atom. The van der Waals surface area contributed by atoms with Crippen LogP contribution in [0.25, 0.3) is 0 Å². The van der Waals surface area contributed by atoms with Gasteiger partial charge in [0.25, 0.3) is 5.91 Å². The smallest absolute Gasteiger partial charge is 0.410 e. The number of hydrogen-bond acceptors (Lipinski definition) is 8. The number of benzene rings is 1. The standard InChI is InChI=1S/C30H37Cl2N5O7S.ClH/c31-22-10-11-23(32)21-16-36(15-20(21)22)29(41)44-18-12-25-26(38)34-30(28(40)35-45(42,43)19-8-9-19)13-17(30)6-4-2-1-3-5-7-24(33)27(39)37(25)14-18;/h4,6,10-11,17-19,24-25H,1-3,5,7-9,12-16,33H2,(H,34,38)(H,35,40);1H/b6-4-;/t17-,18-,24?,25+,30-;/m1./s1. The molecule has 0 aromatic heterocycles. The molecule has 5 aliphatic rings. The average Bonchev–Trinajstić information content (AvgIpc) is 3.87. The highest BCUT2D eigenvalue weighted by Gasteiger charge is 2.62. The molecule has 12 nitrogen and oxygen atoms in total. The number of ether oxygens (including phenoxy) is 1. The summed E-state index contributed by atoms with van der Waals surface area (Å²) < 4.78 is 33.2. The molecular weight excluding hydrogens is 681 g/mol. The molecule has 0 spiro atoms. The second-order valence-electron chi connectivity index (χ2n) is 12.7. The molecule has 0 bridgehead atoms. The quantitative estimate of drug-likeness (QED) is 0.399. The first kappa shape index (κ1) is 34.7. The van der Waals surface area contributed by atoms with Crippen molar-refractivity contribution < 1.29 is 32.3 Å². The molecule has 1 unspecified atom stereocenters. The molecule has 0 radical (unpaired) electrons. The number of allylic oxidation sites excluding steroid dienone is 1. The van der Waals surface area contributed by atoms with Crippen LogP contribution < -0.4 is 15.8 Å². The Labute approximate surface area is 284 Å². The number of rotatable bonds is 4. The number of amides is 4. The van der Waals surface area contributed by atoms with E-state index in [1.54, 1.807) is 12.1 Å². The predicted molar refractivity (Wildman–Crippen MR) is 173 cm³/mol. The van der Waals surface area contributed by atoms with Crippen LogP contribution in [0.5, 0.6) is 0 Å². The van der Waals surface area contributed by atoms with Gasteiger partial charge in [-0.3, -0.25) is 24.0 Å². The molecule has 16 heteroatoms. The largest absolute Gasteiger partial charge is 0.444 e. The van der Waals surface area contributed by atoms with Crippen molar-refractivity contribution in [1.82, 2.24) is 19.8 Å². The molecule has 4 amide bonds. The summed E-state index contributed by atoms with van der Waals surface area (Å²) in [6.07, 6.45) is 7.09. The van der Waals surface area contributed by atoms with E-state index in [0.29, 0.717) is 29.3 Å². The Bertz CT molecular complexity index is 1520. The highest BCUT2D eigenvalue weighted by Crippen LogP contribution is 2.46. The van der Waals surface area contributed by atoms with Gasteiger partial charge in [0.05, 0.1) is 30.9 Å². The van der Waals surface area contributed by atoms with Crippen LogP contribution in [0, 0.1) is 5.92 Å². The van der Waals surface area contributed by atoms with E-state index in [2.05, 4.69) is 10.0 Å². The number of carbonyl (C=O) groups is 4. The molecule has 46 heavy (non-hydrogen) atoms. The number of carbonyl (C=O) groups excluding carboxylic acids is 4. The fourth-order valence-electron chi connectivity index (χ4n) is 6.50. The van der Waals surface area contributed by atoms with Gasteiger partial charge in [-0.2, -0.15) is 0 Å². The van der Waals surface area contributed by atoms with Crippen LogP contribution in [-0.4, -0.2) is 77.6 Å². The van der Waals surface area contributed by atoms with Gasteiger partial charge in [-0.1, -0.05) is 48.2 Å². The maximum Gasteiger partial charge on any atom is 0.410 e. The minimum absolute atomic E-state index is 0. The average molecular weight is 719 g/mol. The molecule has 2 aliphatic carbocycles. The Hall–Kier alpha value is -2.58. The fourth-order valence-corrected chi connectivity index (χ4v) is 8.34. The van der Waals surface area contributed by atoms with E-state index in [1.165, 1.54) is 9.80 Å². The zero-order chi connectivity index (χ0) is 32.1. The third-order valence-corrected chi connectivity index (χ3v) is 12.0. The predicted octanol–water partition coefficient (Wildman–Crippen LogP) is 3.17. The lowest BCUT2D eigenvalue weighted by molar-refractivity contribution is -0.140. The minimum Gasteiger partial charge on any atom is -0.444 e. The van der Waals surface area contributed by atoms with Crippen molar-refractivity contribution in [3.05, 3.63) is 45.5 Å². The topological polar surface area (TPSA) is 168 Å². The summed E-state index contributed by atoms with van der Waals surface area (Å²) in [4.78, 5) is 56.9. The van der Waals surface area contributed by atoms with Crippen molar-refractivity contribution >= 4 is 69.4 Å². The number of nitrogens with one attached hydrogen (secondary N) is 2. The van der Waals surface area contributed by atoms with Crippen molar-refractivity contribution in [3.63, 3.8) is 0 Å². The van der Waals surface area contributed by atoms with E-state index < -0.39 is 68.7 Å². The van der Waals surface area contributed by atoms with E-state index >= 15 is 0 Å². The summed E-state index contributed by atoms with van der Waals surface area (Å²) in [6, 6.07) is 1.40. The van der Waals surface area contributed by atoms with Crippen LogP contribution >= 0.6 is 35.6 Å². The first-order chi connectivity index (χ1) is 21.4. The van der Waals surface area contributed by atoms with Crippen molar-refractivity contribution in [1.29, 1.82) is 0 Å². The third kappa shape index (κ3) is 6.99. The normalized spacial score (nSPS) is 30.4. The molecule has 6 rings (SSSR count). The summed E-state index contributed by atoms with van der Waals surface area (Å²) in [5.74, 6) is -2.27. The minimum atomic E-state index is -3.85. The number of hydrogen-bond donors (Lipinski definition) is 3. The number of fused-ring (bicyclic) bond motifs is 3. The Morgan fingerprint density at radius 2 is 1.72 bits per heavy atom. The van der Waals surface area contributed by atoms with Gasteiger partial charge in [0.1, 0.15) is 17.7 Å².